The quantitative estimate of drug-likeness (QED) is 0.673. The maximum absolute atomic E-state index is 10.3. The van der Waals surface area contributed by atoms with Gasteiger partial charge in [0.1, 0.15) is 0 Å². The zero-order valence-corrected chi connectivity index (χ0v) is 10.7. The number of hydrogen-bond donors (Lipinski definition) is 1. The van der Waals surface area contributed by atoms with Crippen LogP contribution in [-0.2, 0) is 0 Å². The summed E-state index contributed by atoms with van der Waals surface area (Å²) in [6, 6.07) is 0. The molecule has 0 aromatic carbocycles. The van der Waals surface area contributed by atoms with Gasteiger partial charge in [-0.05, 0) is 48.9 Å². The maximum Gasteiger partial charge on any atom is 0.0602 e. The predicted octanol–water partition coefficient (Wildman–Crippen LogP) is 3.24. The van der Waals surface area contributed by atoms with Crippen LogP contribution in [0.15, 0.2) is 12.2 Å². The molecular weight excluding hydrogens is 196 g/mol. The van der Waals surface area contributed by atoms with E-state index in [0.717, 1.165) is 36.5 Å². The smallest absolute Gasteiger partial charge is 0.0602 e. The third-order valence-corrected chi connectivity index (χ3v) is 5.77. The molecule has 0 amide bonds. The van der Waals surface area contributed by atoms with Crippen LogP contribution in [0.2, 0.25) is 0 Å². The average molecular weight is 220 g/mol. The summed E-state index contributed by atoms with van der Waals surface area (Å²) in [6.07, 6.45) is 3.15. The first-order valence-corrected chi connectivity index (χ1v) is 6.82. The normalized spacial score (nSPS) is 55.1. The van der Waals surface area contributed by atoms with E-state index < -0.39 is 0 Å². The second-order valence-corrected chi connectivity index (χ2v) is 6.96. The van der Waals surface area contributed by atoms with E-state index in [9.17, 15) is 5.11 Å². The van der Waals surface area contributed by atoms with Crippen molar-refractivity contribution in [2.45, 2.75) is 46.1 Å². The molecule has 3 aliphatic rings. The fourth-order valence-electron chi connectivity index (χ4n) is 5.07. The molecule has 3 rings (SSSR count). The van der Waals surface area contributed by atoms with E-state index in [-0.39, 0.29) is 11.5 Å². The molecule has 0 heterocycles. The second-order valence-electron chi connectivity index (χ2n) is 6.96. The molecule has 3 fully saturated rings. The minimum Gasteiger partial charge on any atom is -0.393 e. The van der Waals surface area contributed by atoms with Gasteiger partial charge in [0.2, 0.25) is 0 Å². The van der Waals surface area contributed by atoms with E-state index in [0.29, 0.717) is 5.92 Å². The van der Waals surface area contributed by atoms with Crippen molar-refractivity contribution >= 4 is 0 Å². The van der Waals surface area contributed by atoms with Gasteiger partial charge in [-0.15, -0.1) is 0 Å². The van der Waals surface area contributed by atoms with Crippen LogP contribution < -0.4 is 0 Å². The second kappa shape index (κ2) is 3.13. The highest BCUT2D eigenvalue weighted by Crippen LogP contribution is 2.73. The lowest BCUT2D eigenvalue weighted by Gasteiger charge is -2.45. The van der Waals surface area contributed by atoms with E-state index in [4.69, 9.17) is 0 Å². The van der Waals surface area contributed by atoms with Gasteiger partial charge in [-0.2, -0.15) is 0 Å². The van der Waals surface area contributed by atoms with Crippen molar-refractivity contribution in [1.29, 1.82) is 0 Å². The molecule has 0 saturated heterocycles. The molecule has 1 N–H and O–H groups in total. The molecule has 0 radical (unpaired) electrons. The molecule has 6 atom stereocenters. The average Bonchev–Trinajstić information content (AvgIpc) is 2.78. The van der Waals surface area contributed by atoms with E-state index in [1.54, 1.807) is 0 Å². The van der Waals surface area contributed by atoms with Crippen molar-refractivity contribution in [3.05, 3.63) is 12.2 Å². The Kier molecular flexibility index (Phi) is 2.12. The lowest BCUT2D eigenvalue weighted by Crippen LogP contribution is -2.43. The minimum atomic E-state index is -0.0800. The van der Waals surface area contributed by atoms with Gasteiger partial charge in [-0.3, -0.25) is 0 Å². The van der Waals surface area contributed by atoms with Gasteiger partial charge in [0.15, 0.2) is 0 Å². The molecule has 0 aromatic heterocycles. The number of allylic oxidation sites excluding steroid dienone is 1. The fraction of sp³-hybridized carbons (Fsp3) is 0.867. The summed E-state index contributed by atoms with van der Waals surface area (Å²) in [5, 5.41) is 10.3. The molecule has 4 unspecified atom stereocenters. The van der Waals surface area contributed by atoms with Crippen LogP contribution in [0.25, 0.3) is 0 Å². The zero-order chi connectivity index (χ0) is 11.7. The van der Waals surface area contributed by atoms with Gasteiger partial charge in [0.25, 0.3) is 0 Å². The van der Waals surface area contributed by atoms with Crippen LogP contribution >= 0.6 is 0 Å². The molecule has 3 saturated carbocycles. The van der Waals surface area contributed by atoms with Crippen LogP contribution in [0.4, 0.5) is 0 Å². The van der Waals surface area contributed by atoms with Crippen LogP contribution in [-0.4, -0.2) is 11.2 Å². The largest absolute Gasteiger partial charge is 0.393 e. The van der Waals surface area contributed by atoms with Gasteiger partial charge in [-0.25, -0.2) is 0 Å². The highest BCUT2D eigenvalue weighted by molar-refractivity contribution is 5.26. The first-order valence-electron chi connectivity index (χ1n) is 6.82. The number of aliphatic hydroxyl groups excluding tert-OH is 1. The lowest BCUT2D eigenvalue weighted by atomic mass is 9.62. The third-order valence-electron chi connectivity index (χ3n) is 5.77. The monoisotopic (exact) mass is 220 g/mol. The summed E-state index contributed by atoms with van der Waals surface area (Å²) >= 11 is 0. The Balaban J connectivity index is 1.89. The van der Waals surface area contributed by atoms with Gasteiger partial charge >= 0.3 is 0 Å². The van der Waals surface area contributed by atoms with Crippen molar-refractivity contribution < 1.29 is 5.11 Å². The van der Waals surface area contributed by atoms with Gasteiger partial charge in [-0.1, -0.05) is 32.9 Å². The molecule has 0 aliphatic heterocycles. The van der Waals surface area contributed by atoms with Crippen molar-refractivity contribution in [2.24, 2.45) is 35.0 Å². The maximum atomic E-state index is 10.3. The van der Waals surface area contributed by atoms with Crippen LogP contribution in [0.1, 0.15) is 40.0 Å². The van der Waals surface area contributed by atoms with Crippen molar-refractivity contribution in [2.75, 3.05) is 0 Å². The molecule has 0 spiro atoms. The lowest BCUT2D eigenvalue weighted by molar-refractivity contribution is -0.0212. The third kappa shape index (κ3) is 1.16. The first-order chi connectivity index (χ1) is 7.47. The predicted molar refractivity (Wildman–Crippen MR) is 65.9 cm³/mol. The van der Waals surface area contributed by atoms with Crippen LogP contribution in [0, 0.1) is 35.0 Å². The number of rotatable bonds is 1. The Labute approximate surface area is 98.9 Å². The van der Waals surface area contributed by atoms with Crippen molar-refractivity contribution in [1.82, 2.24) is 0 Å². The highest BCUT2D eigenvalue weighted by Gasteiger charge is 2.68. The molecule has 0 bridgehead atoms. The SMILES string of the molecule is C=C1CCC(O)C2(C)C[C@@H]3C(C(C)C)[C@H]3C12. The Hall–Kier alpha value is -0.300. The number of fused-ring (bicyclic) bond motifs is 3. The van der Waals surface area contributed by atoms with Crippen LogP contribution in [0.5, 0.6) is 0 Å². The number of hydrogen-bond acceptors (Lipinski definition) is 1. The van der Waals surface area contributed by atoms with Crippen molar-refractivity contribution in [3.63, 3.8) is 0 Å². The van der Waals surface area contributed by atoms with Crippen LogP contribution in [0.3, 0.4) is 0 Å². The van der Waals surface area contributed by atoms with Gasteiger partial charge in [0, 0.05) is 5.41 Å². The molecule has 1 nitrogen and oxygen atoms in total. The first kappa shape index (κ1) is 10.8. The number of aliphatic hydroxyl groups is 1. The molecule has 16 heavy (non-hydrogen) atoms. The summed E-state index contributed by atoms with van der Waals surface area (Å²) in [6.45, 7) is 11.3. The molecule has 90 valence electrons. The highest BCUT2D eigenvalue weighted by atomic mass is 16.3. The molecule has 0 aromatic rings. The van der Waals surface area contributed by atoms with E-state index >= 15 is 0 Å². The Morgan fingerprint density at radius 1 is 1.44 bits per heavy atom. The topological polar surface area (TPSA) is 20.2 Å². The molecule has 1 heteroatoms. The van der Waals surface area contributed by atoms with Crippen molar-refractivity contribution in [3.8, 4) is 0 Å². The minimum absolute atomic E-state index is 0.0800. The standard InChI is InChI=1S/C15H24O/c1-8(2)12-10-7-15(4)11(16)6-5-9(3)14(15)13(10)12/h8,10-14,16H,3,5-7H2,1-2,4H3/t10-,11?,12?,13+,14?,15?/m1/s1. The summed E-state index contributed by atoms with van der Waals surface area (Å²) in [5.41, 5.74) is 1.60. The van der Waals surface area contributed by atoms with Gasteiger partial charge < -0.3 is 5.11 Å². The summed E-state index contributed by atoms with van der Waals surface area (Å²) in [5.74, 6) is 4.09. The Morgan fingerprint density at radius 3 is 2.75 bits per heavy atom. The molecular formula is C15H24O. The van der Waals surface area contributed by atoms with E-state index in [1.807, 2.05) is 0 Å². The Bertz CT molecular complexity index is 332. The van der Waals surface area contributed by atoms with Gasteiger partial charge in [0.05, 0.1) is 6.10 Å². The summed E-state index contributed by atoms with van der Waals surface area (Å²) < 4.78 is 0. The zero-order valence-electron chi connectivity index (χ0n) is 10.7. The van der Waals surface area contributed by atoms with E-state index in [1.165, 1.54) is 12.0 Å². The fourth-order valence-corrected chi connectivity index (χ4v) is 5.07. The summed E-state index contributed by atoms with van der Waals surface area (Å²) in [7, 11) is 0. The molecule has 3 aliphatic carbocycles. The van der Waals surface area contributed by atoms with E-state index in [2.05, 4.69) is 27.4 Å². The Morgan fingerprint density at radius 2 is 2.12 bits per heavy atom. The summed E-state index contributed by atoms with van der Waals surface area (Å²) in [4.78, 5) is 0.